The summed E-state index contributed by atoms with van der Waals surface area (Å²) in [5.74, 6) is 0. The average molecular weight is 239 g/mol. The van der Waals surface area contributed by atoms with Crippen molar-refractivity contribution < 1.29 is 0 Å². The van der Waals surface area contributed by atoms with Crippen LogP contribution in [0.1, 0.15) is 30.5 Å². The zero-order valence-electron chi connectivity index (χ0n) is 11.5. The van der Waals surface area contributed by atoms with E-state index in [2.05, 4.69) is 51.1 Å². The zero-order valence-corrected chi connectivity index (χ0v) is 11.5. The van der Waals surface area contributed by atoms with Gasteiger partial charge in [-0.3, -0.25) is 0 Å². The molecule has 0 aromatic heterocycles. The van der Waals surface area contributed by atoms with E-state index in [9.17, 15) is 0 Å². The number of aryl methyl sites for hydroxylation is 3. The number of nitrogens with two attached hydrogens (primary N) is 1. The van der Waals surface area contributed by atoms with E-state index in [0.29, 0.717) is 0 Å². The van der Waals surface area contributed by atoms with Crippen LogP contribution in [0.5, 0.6) is 0 Å². The third-order valence-electron chi connectivity index (χ3n) is 3.46. The summed E-state index contributed by atoms with van der Waals surface area (Å²) >= 11 is 0. The van der Waals surface area contributed by atoms with E-state index in [-0.39, 0.29) is 0 Å². The molecule has 0 fully saturated rings. The first-order valence-corrected chi connectivity index (χ1v) is 6.64. The Hall–Kier alpha value is -1.76. The smallest absolute Gasteiger partial charge is 0.0394 e. The molecule has 0 amide bonds. The van der Waals surface area contributed by atoms with Gasteiger partial charge in [0.2, 0.25) is 0 Å². The minimum Gasteiger partial charge on any atom is -0.398 e. The van der Waals surface area contributed by atoms with Crippen molar-refractivity contribution in [1.29, 1.82) is 0 Å². The largest absolute Gasteiger partial charge is 0.398 e. The highest BCUT2D eigenvalue weighted by Gasteiger charge is 2.08. The molecule has 0 aliphatic heterocycles. The fourth-order valence-electron chi connectivity index (χ4n) is 2.31. The van der Waals surface area contributed by atoms with Gasteiger partial charge in [-0.15, -0.1) is 0 Å². The molecule has 0 aliphatic rings. The Balaban J connectivity index is 2.64. The van der Waals surface area contributed by atoms with E-state index in [0.717, 1.165) is 18.5 Å². The third-order valence-corrected chi connectivity index (χ3v) is 3.46. The van der Waals surface area contributed by atoms with Crippen molar-refractivity contribution in [3.63, 3.8) is 0 Å². The number of rotatable bonds is 3. The second-order valence-electron chi connectivity index (χ2n) is 4.79. The second-order valence-corrected chi connectivity index (χ2v) is 4.79. The summed E-state index contributed by atoms with van der Waals surface area (Å²) in [6.07, 6.45) is 2.09. The molecule has 2 aromatic carbocycles. The van der Waals surface area contributed by atoms with E-state index >= 15 is 0 Å². The normalized spacial score (nSPS) is 10.6. The summed E-state index contributed by atoms with van der Waals surface area (Å²) in [7, 11) is 0. The number of hydrogen-bond acceptors (Lipinski definition) is 1. The molecule has 0 spiro atoms. The van der Waals surface area contributed by atoms with Gasteiger partial charge >= 0.3 is 0 Å². The van der Waals surface area contributed by atoms with E-state index in [1.165, 1.54) is 27.8 Å². The predicted octanol–water partition coefficient (Wildman–Crippen LogP) is 4.37. The van der Waals surface area contributed by atoms with E-state index < -0.39 is 0 Å². The molecular formula is C17H21N. The fourth-order valence-corrected chi connectivity index (χ4v) is 2.31. The first-order chi connectivity index (χ1) is 8.65. The van der Waals surface area contributed by atoms with Crippen LogP contribution in [0.3, 0.4) is 0 Å². The highest BCUT2D eigenvalue weighted by molar-refractivity contribution is 5.79. The number of anilines is 1. The average Bonchev–Trinajstić information content (AvgIpc) is 2.40. The Labute approximate surface area is 110 Å². The summed E-state index contributed by atoms with van der Waals surface area (Å²) in [6.45, 7) is 6.49. The van der Waals surface area contributed by atoms with Gasteiger partial charge in [-0.1, -0.05) is 43.7 Å². The summed E-state index contributed by atoms with van der Waals surface area (Å²) in [6, 6.07) is 13.0. The minimum absolute atomic E-state index is 0.864. The van der Waals surface area contributed by atoms with E-state index in [1.54, 1.807) is 0 Å². The highest BCUT2D eigenvalue weighted by atomic mass is 14.6. The van der Waals surface area contributed by atoms with Gasteiger partial charge < -0.3 is 5.73 Å². The second kappa shape index (κ2) is 5.26. The molecule has 0 unspecified atom stereocenters. The first kappa shape index (κ1) is 12.7. The lowest BCUT2D eigenvalue weighted by Crippen LogP contribution is -1.95. The van der Waals surface area contributed by atoms with Crippen LogP contribution < -0.4 is 5.73 Å². The molecule has 94 valence electrons. The number of benzene rings is 2. The molecular weight excluding hydrogens is 218 g/mol. The summed E-state index contributed by atoms with van der Waals surface area (Å²) in [5, 5.41) is 0. The van der Waals surface area contributed by atoms with Crippen LogP contribution in [0.25, 0.3) is 11.1 Å². The summed E-state index contributed by atoms with van der Waals surface area (Å²) < 4.78 is 0. The molecule has 0 atom stereocenters. The Morgan fingerprint density at radius 1 is 0.889 bits per heavy atom. The summed E-state index contributed by atoms with van der Waals surface area (Å²) in [5.41, 5.74) is 13.4. The van der Waals surface area contributed by atoms with Crippen molar-refractivity contribution in [3.05, 3.63) is 53.1 Å². The molecule has 1 heteroatoms. The molecule has 18 heavy (non-hydrogen) atoms. The maximum atomic E-state index is 6.14. The molecule has 0 saturated carbocycles. The lowest BCUT2D eigenvalue weighted by atomic mass is 9.93. The van der Waals surface area contributed by atoms with Crippen LogP contribution in [0, 0.1) is 6.92 Å². The summed E-state index contributed by atoms with van der Waals surface area (Å²) in [4.78, 5) is 0. The van der Waals surface area contributed by atoms with Crippen LogP contribution in [0.15, 0.2) is 36.4 Å². The SMILES string of the molecule is CCc1ccc(CC)c(-c2cc(C)ccc2N)c1. The van der Waals surface area contributed by atoms with Crippen LogP contribution >= 0.6 is 0 Å². The Kier molecular flexibility index (Phi) is 3.71. The first-order valence-electron chi connectivity index (χ1n) is 6.64. The molecule has 2 aromatic rings. The number of nitrogen functional groups attached to an aromatic ring is 1. The van der Waals surface area contributed by atoms with Crippen LogP contribution in [0.4, 0.5) is 5.69 Å². The van der Waals surface area contributed by atoms with Gasteiger partial charge in [0.1, 0.15) is 0 Å². The maximum absolute atomic E-state index is 6.14. The maximum Gasteiger partial charge on any atom is 0.0394 e. The molecule has 0 bridgehead atoms. The van der Waals surface area contributed by atoms with Gasteiger partial charge in [0.05, 0.1) is 0 Å². The number of hydrogen-bond donors (Lipinski definition) is 1. The molecule has 0 heterocycles. The molecule has 0 radical (unpaired) electrons. The van der Waals surface area contributed by atoms with Gasteiger partial charge in [-0.25, -0.2) is 0 Å². The van der Waals surface area contributed by atoms with Crippen molar-refractivity contribution in [1.82, 2.24) is 0 Å². The highest BCUT2D eigenvalue weighted by Crippen LogP contribution is 2.31. The van der Waals surface area contributed by atoms with Gasteiger partial charge in [-0.05, 0) is 48.6 Å². The Morgan fingerprint density at radius 3 is 2.33 bits per heavy atom. The molecule has 2 N–H and O–H groups in total. The monoisotopic (exact) mass is 239 g/mol. The van der Waals surface area contributed by atoms with Crippen LogP contribution in [-0.4, -0.2) is 0 Å². The van der Waals surface area contributed by atoms with Crippen LogP contribution in [-0.2, 0) is 12.8 Å². The lowest BCUT2D eigenvalue weighted by molar-refractivity contribution is 1.10. The van der Waals surface area contributed by atoms with Crippen molar-refractivity contribution in [2.24, 2.45) is 0 Å². The minimum atomic E-state index is 0.864. The fraction of sp³-hybridized carbons (Fsp3) is 0.294. The molecule has 0 aliphatic carbocycles. The predicted molar refractivity (Wildman–Crippen MR) is 79.8 cm³/mol. The van der Waals surface area contributed by atoms with Gasteiger partial charge in [0.25, 0.3) is 0 Å². The van der Waals surface area contributed by atoms with Crippen molar-refractivity contribution in [2.75, 3.05) is 5.73 Å². The van der Waals surface area contributed by atoms with E-state index in [1.807, 2.05) is 6.07 Å². The Morgan fingerprint density at radius 2 is 1.67 bits per heavy atom. The molecule has 0 saturated heterocycles. The van der Waals surface area contributed by atoms with Crippen LogP contribution in [0.2, 0.25) is 0 Å². The van der Waals surface area contributed by atoms with Crippen molar-refractivity contribution in [2.45, 2.75) is 33.6 Å². The topological polar surface area (TPSA) is 26.0 Å². The lowest BCUT2D eigenvalue weighted by Gasteiger charge is -2.13. The Bertz CT molecular complexity index is 556. The molecule has 2 rings (SSSR count). The van der Waals surface area contributed by atoms with Gasteiger partial charge in [-0.2, -0.15) is 0 Å². The van der Waals surface area contributed by atoms with Gasteiger partial charge in [0.15, 0.2) is 0 Å². The quantitative estimate of drug-likeness (QED) is 0.791. The third kappa shape index (κ3) is 2.40. The molecule has 1 nitrogen and oxygen atoms in total. The van der Waals surface area contributed by atoms with Gasteiger partial charge in [0, 0.05) is 11.3 Å². The zero-order chi connectivity index (χ0) is 13.1. The van der Waals surface area contributed by atoms with Crippen molar-refractivity contribution >= 4 is 5.69 Å². The standard InChI is InChI=1S/C17H21N/c1-4-13-7-8-14(5-2)15(11-13)16-10-12(3)6-9-17(16)18/h6-11H,4-5,18H2,1-3H3. The van der Waals surface area contributed by atoms with Crippen molar-refractivity contribution in [3.8, 4) is 11.1 Å². The van der Waals surface area contributed by atoms with E-state index in [4.69, 9.17) is 5.73 Å².